The first-order valence-corrected chi connectivity index (χ1v) is 6.84. The Kier molecular flexibility index (Phi) is 3.49. The highest BCUT2D eigenvalue weighted by molar-refractivity contribution is 7.09. The summed E-state index contributed by atoms with van der Waals surface area (Å²) >= 11 is 1.66. The minimum atomic E-state index is -0.0832. The summed E-state index contributed by atoms with van der Waals surface area (Å²) in [6.07, 6.45) is 1.88. The van der Waals surface area contributed by atoms with Gasteiger partial charge >= 0.3 is 0 Å². The van der Waals surface area contributed by atoms with E-state index in [9.17, 15) is 0 Å². The van der Waals surface area contributed by atoms with Crippen molar-refractivity contribution < 1.29 is 0 Å². The number of nitrogens with zero attached hydrogens (tertiary/aromatic N) is 4. The highest BCUT2D eigenvalue weighted by Gasteiger charge is 2.17. The monoisotopic (exact) mass is 265 g/mol. The van der Waals surface area contributed by atoms with Gasteiger partial charge in [-0.1, -0.05) is 26.0 Å². The van der Waals surface area contributed by atoms with E-state index < -0.39 is 0 Å². The van der Waals surface area contributed by atoms with E-state index in [4.69, 9.17) is 5.73 Å². The minimum absolute atomic E-state index is 0.0832. The summed E-state index contributed by atoms with van der Waals surface area (Å²) in [7, 11) is 0. The molecule has 0 aromatic carbocycles. The van der Waals surface area contributed by atoms with Gasteiger partial charge in [-0.3, -0.25) is 0 Å². The standard InChI is InChI=1S/C12H19N5S/c1-8(13)9-5-17(16-15-9)6-11-14-10(7-18-11)12(2,3)4/h5,7-8H,6,13H2,1-4H3. The average molecular weight is 265 g/mol. The van der Waals surface area contributed by atoms with E-state index in [1.54, 1.807) is 16.0 Å². The van der Waals surface area contributed by atoms with Gasteiger partial charge in [0.25, 0.3) is 0 Å². The van der Waals surface area contributed by atoms with Crippen LogP contribution in [-0.2, 0) is 12.0 Å². The predicted octanol–water partition coefficient (Wildman–Crippen LogP) is 2.10. The van der Waals surface area contributed by atoms with Crippen molar-refractivity contribution in [1.29, 1.82) is 0 Å². The van der Waals surface area contributed by atoms with Crippen molar-refractivity contribution in [2.45, 2.75) is 45.7 Å². The van der Waals surface area contributed by atoms with Gasteiger partial charge < -0.3 is 5.73 Å². The molecule has 0 amide bonds. The zero-order valence-electron chi connectivity index (χ0n) is 11.2. The molecule has 18 heavy (non-hydrogen) atoms. The van der Waals surface area contributed by atoms with Crippen LogP contribution in [0, 0.1) is 0 Å². The zero-order chi connectivity index (χ0) is 13.3. The fraction of sp³-hybridized carbons (Fsp3) is 0.583. The number of aromatic nitrogens is 4. The van der Waals surface area contributed by atoms with Gasteiger partial charge in [-0.25, -0.2) is 9.67 Å². The van der Waals surface area contributed by atoms with Gasteiger partial charge in [0.2, 0.25) is 0 Å². The Morgan fingerprint density at radius 1 is 1.44 bits per heavy atom. The largest absolute Gasteiger partial charge is 0.323 e. The average Bonchev–Trinajstić information content (AvgIpc) is 2.85. The Hall–Kier alpha value is -1.27. The SMILES string of the molecule is CC(N)c1cn(Cc2nc(C(C)(C)C)cs2)nn1. The first-order valence-electron chi connectivity index (χ1n) is 5.97. The number of nitrogens with two attached hydrogens (primary N) is 1. The third-order valence-electron chi connectivity index (χ3n) is 2.64. The van der Waals surface area contributed by atoms with Crippen molar-refractivity contribution in [1.82, 2.24) is 20.0 Å². The lowest BCUT2D eigenvalue weighted by atomic mass is 9.93. The maximum absolute atomic E-state index is 5.75. The summed E-state index contributed by atoms with van der Waals surface area (Å²) < 4.78 is 1.78. The second-order valence-corrected chi connectivity index (χ2v) is 6.45. The van der Waals surface area contributed by atoms with Crippen molar-refractivity contribution in [2.24, 2.45) is 5.73 Å². The number of hydrogen-bond acceptors (Lipinski definition) is 5. The molecule has 1 unspecified atom stereocenters. The summed E-state index contributed by atoms with van der Waals surface area (Å²) in [6.45, 7) is 9.04. The van der Waals surface area contributed by atoms with Crippen LogP contribution in [0.3, 0.4) is 0 Å². The molecule has 0 aliphatic carbocycles. The molecule has 0 bridgehead atoms. The number of rotatable bonds is 3. The molecule has 1 atom stereocenters. The molecular formula is C12H19N5S. The number of thiazole rings is 1. The summed E-state index contributed by atoms with van der Waals surface area (Å²) in [5.41, 5.74) is 7.77. The maximum atomic E-state index is 5.75. The van der Waals surface area contributed by atoms with Crippen LogP contribution in [-0.4, -0.2) is 20.0 Å². The quantitative estimate of drug-likeness (QED) is 0.922. The molecule has 2 N–H and O–H groups in total. The van der Waals surface area contributed by atoms with Crippen LogP contribution in [0.4, 0.5) is 0 Å². The van der Waals surface area contributed by atoms with Gasteiger partial charge in [-0.2, -0.15) is 0 Å². The summed E-state index contributed by atoms with van der Waals surface area (Å²) in [6, 6.07) is -0.0832. The smallest absolute Gasteiger partial charge is 0.114 e. The van der Waals surface area contributed by atoms with E-state index in [-0.39, 0.29) is 11.5 Å². The van der Waals surface area contributed by atoms with Gasteiger partial charge in [0.15, 0.2) is 0 Å². The highest BCUT2D eigenvalue weighted by Crippen LogP contribution is 2.24. The fourth-order valence-electron chi connectivity index (χ4n) is 1.47. The van der Waals surface area contributed by atoms with E-state index in [1.807, 2.05) is 13.1 Å². The first kappa shape index (κ1) is 13.2. The van der Waals surface area contributed by atoms with E-state index >= 15 is 0 Å². The van der Waals surface area contributed by atoms with Crippen molar-refractivity contribution in [3.63, 3.8) is 0 Å². The molecule has 0 spiro atoms. The lowest BCUT2D eigenvalue weighted by Crippen LogP contribution is -2.12. The molecule has 0 saturated carbocycles. The molecule has 2 heterocycles. The summed E-state index contributed by atoms with van der Waals surface area (Å²) in [5, 5.41) is 11.2. The molecule has 0 radical (unpaired) electrons. The van der Waals surface area contributed by atoms with Gasteiger partial charge in [-0.05, 0) is 6.92 Å². The topological polar surface area (TPSA) is 69.6 Å². The molecule has 0 fully saturated rings. The van der Waals surface area contributed by atoms with Gasteiger partial charge in [0.05, 0.1) is 24.1 Å². The number of hydrogen-bond donors (Lipinski definition) is 1. The highest BCUT2D eigenvalue weighted by atomic mass is 32.1. The van der Waals surface area contributed by atoms with Crippen LogP contribution < -0.4 is 5.73 Å². The minimum Gasteiger partial charge on any atom is -0.323 e. The molecule has 2 aromatic heterocycles. The van der Waals surface area contributed by atoms with E-state index in [0.717, 1.165) is 16.4 Å². The van der Waals surface area contributed by atoms with E-state index in [1.165, 1.54) is 0 Å². The van der Waals surface area contributed by atoms with Gasteiger partial charge in [-0.15, -0.1) is 16.4 Å². The van der Waals surface area contributed by atoms with Crippen molar-refractivity contribution >= 4 is 11.3 Å². The zero-order valence-corrected chi connectivity index (χ0v) is 12.0. The van der Waals surface area contributed by atoms with Crippen molar-refractivity contribution in [3.8, 4) is 0 Å². The van der Waals surface area contributed by atoms with Gasteiger partial charge in [0, 0.05) is 16.8 Å². The lowest BCUT2D eigenvalue weighted by molar-refractivity contribution is 0.566. The molecule has 0 aliphatic heterocycles. The molecule has 0 aliphatic rings. The Labute approximate surface area is 111 Å². The van der Waals surface area contributed by atoms with Crippen molar-refractivity contribution in [2.75, 3.05) is 0 Å². The van der Waals surface area contributed by atoms with Crippen LogP contribution in [0.1, 0.15) is 50.1 Å². The Balaban J connectivity index is 2.11. The normalized spacial score (nSPS) is 13.8. The molecule has 98 valence electrons. The fourth-order valence-corrected chi connectivity index (χ4v) is 2.48. The summed E-state index contributed by atoms with van der Waals surface area (Å²) in [5.74, 6) is 0. The van der Waals surface area contributed by atoms with Crippen LogP contribution >= 0.6 is 11.3 Å². The lowest BCUT2D eigenvalue weighted by Gasteiger charge is -2.14. The molecule has 0 saturated heterocycles. The Bertz CT molecular complexity index is 521. The van der Waals surface area contributed by atoms with Crippen LogP contribution in [0.25, 0.3) is 0 Å². The van der Waals surface area contributed by atoms with Crippen LogP contribution in [0.2, 0.25) is 0 Å². The predicted molar refractivity (Wildman–Crippen MR) is 72.5 cm³/mol. The molecule has 6 heteroatoms. The van der Waals surface area contributed by atoms with E-state index in [2.05, 4.69) is 41.4 Å². The molecular weight excluding hydrogens is 246 g/mol. The maximum Gasteiger partial charge on any atom is 0.114 e. The van der Waals surface area contributed by atoms with Crippen LogP contribution in [0.5, 0.6) is 0 Å². The molecule has 2 rings (SSSR count). The Morgan fingerprint density at radius 2 is 2.17 bits per heavy atom. The molecule has 5 nitrogen and oxygen atoms in total. The summed E-state index contributed by atoms with van der Waals surface area (Å²) in [4.78, 5) is 4.63. The first-order chi connectivity index (χ1) is 8.36. The van der Waals surface area contributed by atoms with Gasteiger partial charge in [0.1, 0.15) is 5.01 Å². The molecule has 2 aromatic rings. The van der Waals surface area contributed by atoms with Crippen LogP contribution in [0.15, 0.2) is 11.6 Å². The third kappa shape index (κ3) is 2.94. The second-order valence-electron chi connectivity index (χ2n) is 5.51. The Morgan fingerprint density at radius 3 is 2.67 bits per heavy atom. The second kappa shape index (κ2) is 4.78. The third-order valence-corrected chi connectivity index (χ3v) is 3.47. The van der Waals surface area contributed by atoms with Crippen molar-refractivity contribution in [3.05, 3.63) is 28.0 Å². The van der Waals surface area contributed by atoms with E-state index in [0.29, 0.717) is 6.54 Å².